The summed E-state index contributed by atoms with van der Waals surface area (Å²) in [5.74, 6) is 1.11. The van der Waals surface area contributed by atoms with Crippen molar-refractivity contribution < 1.29 is 0 Å². The van der Waals surface area contributed by atoms with Crippen LogP contribution in [0.1, 0.15) is 18.5 Å². The monoisotopic (exact) mass is 209 g/mol. The van der Waals surface area contributed by atoms with Gasteiger partial charge in [-0.1, -0.05) is 0 Å². The summed E-state index contributed by atoms with van der Waals surface area (Å²) >= 11 is 1.79. The minimum absolute atomic E-state index is 0.670. The van der Waals surface area contributed by atoms with Gasteiger partial charge in [-0.05, 0) is 38.4 Å². The SMILES string of the molecule is Cc1ccc(SCC2CCCN2)nn1. The van der Waals surface area contributed by atoms with Crippen molar-refractivity contribution in [2.24, 2.45) is 0 Å². The molecule has 1 N–H and O–H groups in total. The van der Waals surface area contributed by atoms with Crippen LogP contribution in [-0.2, 0) is 0 Å². The maximum absolute atomic E-state index is 4.12. The fourth-order valence-corrected chi connectivity index (χ4v) is 2.47. The Hall–Kier alpha value is -0.610. The molecule has 0 saturated carbocycles. The van der Waals surface area contributed by atoms with E-state index in [1.54, 1.807) is 11.8 Å². The highest BCUT2D eigenvalue weighted by Crippen LogP contribution is 2.18. The second-order valence-corrected chi connectivity index (χ2v) is 4.66. The minimum atomic E-state index is 0.670. The molecule has 1 unspecified atom stereocenters. The Labute approximate surface area is 88.7 Å². The Kier molecular flexibility index (Phi) is 3.37. The van der Waals surface area contributed by atoms with E-state index in [1.165, 1.54) is 19.4 Å². The fraction of sp³-hybridized carbons (Fsp3) is 0.600. The van der Waals surface area contributed by atoms with Gasteiger partial charge in [-0.3, -0.25) is 0 Å². The third-order valence-corrected chi connectivity index (χ3v) is 3.45. The first-order valence-corrected chi connectivity index (χ1v) is 6.00. The number of hydrogen-bond donors (Lipinski definition) is 1. The van der Waals surface area contributed by atoms with E-state index in [0.29, 0.717) is 6.04 Å². The Morgan fingerprint density at radius 1 is 1.50 bits per heavy atom. The number of aryl methyl sites for hydroxylation is 1. The molecule has 1 aromatic heterocycles. The number of rotatable bonds is 3. The molecule has 0 aromatic carbocycles. The van der Waals surface area contributed by atoms with Crippen molar-refractivity contribution in [3.63, 3.8) is 0 Å². The van der Waals surface area contributed by atoms with Crippen molar-refractivity contribution in [3.8, 4) is 0 Å². The first-order chi connectivity index (χ1) is 6.84. The highest BCUT2D eigenvalue weighted by molar-refractivity contribution is 7.99. The van der Waals surface area contributed by atoms with Gasteiger partial charge in [-0.2, -0.15) is 5.10 Å². The highest BCUT2D eigenvalue weighted by Gasteiger charge is 2.14. The van der Waals surface area contributed by atoms with Crippen molar-refractivity contribution in [1.29, 1.82) is 0 Å². The van der Waals surface area contributed by atoms with Gasteiger partial charge < -0.3 is 5.32 Å². The van der Waals surface area contributed by atoms with Crippen molar-refractivity contribution in [3.05, 3.63) is 17.8 Å². The molecule has 2 heterocycles. The molecule has 0 radical (unpaired) electrons. The number of nitrogens with one attached hydrogen (secondary N) is 1. The average Bonchev–Trinajstić information content (AvgIpc) is 2.70. The number of aromatic nitrogens is 2. The van der Waals surface area contributed by atoms with Crippen LogP contribution in [0.3, 0.4) is 0 Å². The maximum Gasteiger partial charge on any atom is 0.119 e. The molecule has 1 saturated heterocycles. The largest absolute Gasteiger partial charge is 0.313 e. The van der Waals surface area contributed by atoms with E-state index < -0.39 is 0 Å². The fourth-order valence-electron chi connectivity index (χ4n) is 1.55. The zero-order valence-electron chi connectivity index (χ0n) is 8.36. The van der Waals surface area contributed by atoms with E-state index in [4.69, 9.17) is 0 Å². The smallest absolute Gasteiger partial charge is 0.119 e. The first kappa shape index (κ1) is 9.93. The Balaban J connectivity index is 1.82. The molecule has 0 bridgehead atoms. The van der Waals surface area contributed by atoms with Gasteiger partial charge in [0.2, 0.25) is 0 Å². The molecule has 1 fully saturated rings. The summed E-state index contributed by atoms with van der Waals surface area (Å²) in [6.45, 7) is 3.13. The van der Waals surface area contributed by atoms with Crippen LogP contribution >= 0.6 is 11.8 Å². The second kappa shape index (κ2) is 4.75. The average molecular weight is 209 g/mol. The zero-order valence-corrected chi connectivity index (χ0v) is 9.18. The molecular weight excluding hydrogens is 194 g/mol. The zero-order chi connectivity index (χ0) is 9.80. The van der Waals surface area contributed by atoms with E-state index in [2.05, 4.69) is 15.5 Å². The second-order valence-electron chi connectivity index (χ2n) is 3.62. The molecule has 0 spiro atoms. The summed E-state index contributed by atoms with van der Waals surface area (Å²) < 4.78 is 0. The first-order valence-electron chi connectivity index (χ1n) is 5.01. The molecule has 4 heteroatoms. The van der Waals surface area contributed by atoms with Crippen LogP contribution in [0.25, 0.3) is 0 Å². The summed E-state index contributed by atoms with van der Waals surface area (Å²) in [6, 6.07) is 4.72. The molecule has 76 valence electrons. The molecule has 1 aromatic rings. The van der Waals surface area contributed by atoms with Crippen LogP contribution in [0.4, 0.5) is 0 Å². The maximum atomic E-state index is 4.12. The van der Waals surface area contributed by atoms with Gasteiger partial charge in [0.05, 0.1) is 5.69 Å². The molecule has 1 aliphatic heterocycles. The third-order valence-electron chi connectivity index (χ3n) is 2.37. The lowest BCUT2D eigenvalue weighted by Gasteiger charge is -2.07. The summed E-state index contributed by atoms with van der Waals surface area (Å²) in [7, 11) is 0. The molecule has 3 nitrogen and oxygen atoms in total. The van der Waals surface area contributed by atoms with E-state index >= 15 is 0 Å². The quantitative estimate of drug-likeness (QED) is 0.768. The molecule has 0 amide bonds. The van der Waals surface area contributed by atoms with Gasteiger partial charge >= 0.3 is 0 Å². The van der Waals surface area contributed by atoms with Gasteiger partial charge in [-0.15, -0.1) is 16.9 Å². The molecule has 1 aliphatic rings. The standard InChI is InChI=1S/C10H15N3S/c1-8-4-5-10(13-12-8)14-7-9-3-2-6-11-9/h4-5,9,11H,2-3,6-7H2,1H3. The van der Waals surface area contributed by atoms with Gasteiger partial charge in [0.1, 0.15) is 5.03 Å². The molecule has 2 rings (SSSR count). The third kappa shape index (κ3) is 2.69. The van der Waals surface area contributed by atoms with Gasteiger partial charge in [0.25, 0.3) is 0 Å². The number of nitrogens with zero attached hydrogens (tertiary/aromatic N) is 2. The molecule has 14 heavy (non-hydrogen) atoms. The number of thioether (sulfide) groups is 1. The van der Waals surface area contributed by atoms with E-state index in [9.17, 15) is 0 Å². The topological polar surface area (TPSA) is 37.8 Å². The lowest BCUT2D eigenvalue weighted by molar-refractivity contribution is 0.673. The Morgan fingerprint density at radius 2 is 2.43 bits per heavy atom. The summed E-state index contributed by atoms with van der Waals surface area (Å²) in [5.41, 5.74) is 0.980. The Bertz CT molecular complexity index is 280. The van der Waals surface area contributed by atoms with Crippen molar-refractivity contribution in [1.82, 2.24) is 15.5 Å². The lowest BCUT2D eigenvalue weighted by atomic mass is 10.3. The van der Waals surface area contributed by atoms with Gasteiger partial charge in [0, 0.05) is 11.8 Å². The van der Waals surface area contributed by atoms with E-state index in [1.807, 2.05) is 19.1 Å². The van der Waals surface area contributed by atoms with Crippen molar-refractivity contribution >= 4 is 11.8 Å². The van der Waals surface area contributed by atoms with Crippen LogP contribution in [0.2, 0.25) is 0 Å². The van der Waals surface area contributed by atoms with Crippen LogP contribution in [0.5, 0.6) is 0 Å². The van der Waals surface area contributed by atoms with Crippen molar-refractivity contribution in [2.75, 3.05) is 12.3 Å². The van der Waals surface area contributed by atoms with E-state index in [-0.39, 0.29) is 0 Å². The van der Waals surface area contributed by atoms with E-state index in [0.717, 1.165) is 16.5 Å². The van der Waals surface area contributed by atoms with Crippen LogP contribution in [-0.4, -0.2) is 28.5 Å². The predicted molar refractivity (Wildman–Crippen MR) is 58.5 cm³/mol. The predicted octanol–water partition coefficient (Wildman–Crippen LogP) is 1.63. The van der Waals surface area contributed by atoms with Gasteiger partial charge in [-0.25, -0.2) is 0 Å². The molecule has 0 aliphatic carbocycles. The van der Waals surface area contributed by atoms with Crippen LogP contribution < -0.4 is 5.32 Å². The lowest BCUT2D eigenvalue weighted by Crippen LogP contribution is -2.23. The van der Waals surface area contributed by atoms with Crippen LogP contribution in [0, 0.1) is 6.92 Å². The van der Waals surface area contributed by atoms with Gasteiger partial charge in [0.15, 0.2) is 0 Å². The minimum Gasteiger partial charge on any atom is -0.313 e. The normalized spacial score (nSPS) is 21.4. The van der Waals surface area contributed by atoms with Crippen molar-refractivity contribution in [2.45, 2.75) is 30.8 Å². The molecule has 1 atom stereocenters. The summed E-state index contributed by atoms with van der Waals surface area (Å²) in [5, 5.41) is 12.7. The molecular formula is C10H15N3S. The number of hydrogen-bond acceptors (Lipinski definition) is 4. The Morgan fingerprint density at radius 3 is 3.07 bits per heavy atom. The summed E-state index contributed by atoms with van der Waals surface area (Å²) in [6.07, 6.45) is 2.61. The summed E-state index contributed by atoms with van der Waals surface area (Å²) in [4.78, 5) is 0. The van der Waals surface area contributed by atoms with Crippen LogP contribution in [0.15, 0.2) is 17.2 Å². The highest BCUT2D eigenvalue weighted by atomic mass is 32.2.